The zero-order valence-electron chi connectivity index (χ0n) is 19.0. The largest absolute Gasteiger partial charge is 0.326 e. The van der Waals surface area contributed by atoms with Crippen LogP contribution >= 0.6 is 0 Å². The number of carbonyl (C=O) groups is 1. The number of hydrogen-bond donors (Lipinski definition) is 1. The summed E-state index contributed by atoms with van der Waals surface area (Å²) in [6.07, 6.45) is 1.76. The van der Waals surface area contributed by atoms with E-state index in [-0.39, 0.29) is 12.3 Å². The molecular weight excluding hydrogens is 444 g/mol. The fourth-order valence-electron chi connectivity index (χ4n) is 4.55. The molecule has 0 aromatic heterocycles. The predicted octanol–water partition coefficient (Wildman–Crippen LogP) is 5.47. The molecular formula is C28H26N2O3S. The van der Waals surface area contributed by atoms with Gasteiger partial charge in [0, 0.05) is 12.2 Å². The highest BCUT2D eigenvalue weighted by Crippen LogP contribution is 2.34. The second-order valence-electron chi connectivity index (χ2n) is 8.70. The molecule has 5 rings (SSSR count). The molecule has 0 saturated carbocycles. The Bertz CT molecular complexity index is 1470. The third-order valence-electron chi connectivity index (χ3n) is 6.28. The molecule has 1 amide bonds. The maximum Gasteiger partial charge on any atom is 0.264 e. The molecule has 1 aliphatic rings. The van der Waals surface area contributed by atoms with Gasteiger partial charge in [0.2, 0.25) is 5.91 Å². The van der Waals surface area contributed by atoms with Gasteiger partial charge in [-0.15, -0.1) is 0 Å². The van der Waals surface area contributed by atoms with Crippen LogP contribution in [-0.2, 0) is 27.7 Å². The monoisotopic (exact) mass is 470 g/mol. The van der Waals surface area contributed by atoms with Crippen LogP contribution in [0.4, 0.5) is 11.4 Å². The van der Waals surface area contributed by atoms with E-state index >= 15 is 0 Å². The van der Waals surface area contributed by atoms with Crippen molar-refractivity contribution in [3.8, 4) is 0 Å². The number of hydrogen-bond acceptors (Lipinski definition) is 3. The molecule has 0 spiro atoms. The zero-order valence-corrected chi connectivity index (χ0v) is 19.8. The van der Waals surface area contributed by atoms with Gasteiger partial charge in [0.1, 0.15) is 0 Å². The Morgan fingerprint density at radius 1 is 0.941 bits per heavy atom. The van der Waals surface area contributed by atoms with Crippen LogP contribution < -0.4 is 9.62 Å². The van der Waals surface area contributed by atoms with Gasteiger partial charge in [0.05, 0.1) is 17.0 Å². The number of sulfonamides is 1. The number of fused-ring (bicyclic) bond motifs is 2. The van der Waals surface area contributed by atoms with Gasteiger partial charge in [-0.05, 0) is 72.0 Å². The van der Waals surface area contributed by atoms with Gasteiger partial charge in [-0.3, -0.25) is 9.10 Å². The third kappa shape index (κ3) is 4.29. The maximum atomic E-state index is 13.3. The van der Waals surface area contributed by atoms with Crippen LogP contribution in [0.25, 0.3) is 10.8 Å². The molecule has 0 atom stereocenters. The molecule has 0 aliphatic carbocycles. The third-order valence-corrected chi connectivity index (χ3v) is 8.11. The van der Waals surface area contributed by atoms with Crippen LogP contribution in [-0.4, -0.2) is 20.9 Å². The molecule has 1 N–H and O–H groups in total. The van der Waals surface area contributed by atoms with E-state index in [1.807, 2.05) is 67.6 Å². The number of amides is 1. The molecule has 6 heteroatoms. The number of benzene rings is 4. The Hall–Kier alpha value is -3.64. The summed E-state index contributed by atoms with van der Waals surface area (Å²) in [5.74, 6) is -0.101. The van der Waals surface area contributed by atoms with E-state index in [1.54, 1.807) is 24.3 Å². The van der Waals surface area contributed by atoms with Gasteiger partial charge < -0.3 is 5.32 Å². The molecule has 1 aliphatic heterocycles. The zero-order chi connectivity index (χ0) is 23.7. The number of rotatable bonds is 5. The first kappa shape index (κ1) is 22.2. The molecule has 0 unspecified atom stereocenters. The topological polar surface area (TPSA) is 66.5 Å². The molecule has 172 valence electrons. The van der Waals surface area contributed by atoms with Crippen LogP contribution in [0.1, 0.15) is 23.1 Å². The van der Waals surface area contributed by atoms with E-state index in [1.165, 1.54) is 4.31 Å². The first-order valence-electron chi connectivity index (χ1n) is 11.4. The molecule has 1 heterocycles. The number of nitrogens with zero attached hydrogens (tertiary/aromatic N) is 1. The summed E-state index contributed by atoms with van der Waals surface area (Å²) < 4.78 is 28.1. The van der Waals surface area contributed by atoms with Crippen molar-refractivity contribution in [3.05, 3.63) is 102 Å². The standard InChI is InChI=1S/C28H26N2O3S/c1-20-11-14-25(15-12-20)34(32,33)30-17-5-9-23-18-24(13-16-27(23)30)29-28(31)19-22-8-4-7-21-6-2-3-10-26(21)22/h2-4,6-8,10-16,18H,5,9,17,19H2,1H3,(H,29,31). The lowest BCUT2D eigenvalue weighted by Crippen LogP contribution is -2.35. The quantitative estimate of drug-likeness (QED) is 0.421. The SMILES string of the molecule is Cc1ccc(S(=O)(=O)N2CCCc3cc(NC(=O)Cc4cccc5ccccc45)ccc32)cc1. The van der Waals surface area contributed by atoms with Crippen LogP contribution in [0, 0.1) is 6.92 Å². The van der Waals surface area contributed by atoms with Crippen LogP contribution in [0.5, 0.6) is 0 Å². The van der Waals surface area contributed by atoms with Crippen LogP contribution in [0.2, 0.25) is 0 Å². The van der Waals surface area contributed by atoms with Crippen molar-refractivity contribution in [2.45, 2.75) is 31.1 Å². The number of anilines is 2. The van der Waals surface area contributed by atoms with Crippen molar-refractivity contribution in [2.24, 2.45) is 0 Å². The highest BCUT2D eigenvalue weighted by atomic mass is 32.2. The molecule has 0 bridgehead atoms. The molecule has 0 fully saturated rings. The molecule has 4 aromatic rings. The second kappa shape index (κ2) is 8.95. The minimum Gasteiger partial charge on any atom is -0.326 e. The molecule has 4 aromatic carbocycles. The summed E-state index contributed by atoms with van der Waals surface area (Å²) in [7, 11) is -3.64. The van der Waals surface area contributed by atoms with Crippen LogP contribution in [0.15, 0.2) is 89.8 Å². The van der Waals surface area contributed by atoms with Crippen molar-refractivity contribution >= 4 is 38.1 Å². The Morgan fingerprint density at radius 3 is 2.53 bits per heavy atom. The summed E-state index contributed by atoms with van der Waals surface area (Å²) in [5.41, 5.74) is 4.27. The fourth-order valence-corrected chi connectivity index (χ4v) is 6.09. The normalized spacial score (nSPS) is 13.5. The molecule has 34 heavy (non-hydrogen) atoms. The number of aryl methyl sites for hydroxylation is 2. The Morgan fingerprint density at radius 2 is 1.71 bits per heavy atom. The minimum atomic E-state index is -3.64. The van der Waals surface area contributed by atoms with E-state index in [2.05, 4.69) is 5.32 Å². The first-order chi connectivity index (χ1) is 16.4. The molecule has 0 radical (unpaired) electrons. The highest BCUT2D eigenvalue weighted by molar-refractivity contribution is 7.92. The van der Waals surface area contributed by atoms with E-state index < -0.39 is 10.0 Å². The summed E-state index contributed by atoms with van der Waals surface area (Å²) in [5, 5.41) is 5.17. The summed E-state index contributed by atoms with van der Waals surface area (Å²) in [6.45, 7) is 2.37. The van der Waals surface area contributed by atoms with Crippen molar-refractivity contribution in [2.75, 3.05) is 16.2 Å². The lowest BCUT2D eigenvalue weighted by atomic mass is 10.0. The van der Waals surface area contributed by atoms with Gasteiger partial charge in [-0.25, -0.2) is 8.42 Å². The van der Waals surface area contributed by atoms with Gasteiger partial charge in [0.15, 0.2) is 0 Å². The van der Waals surface area contributed by atoms with Gasteiger partial charge >= 0.3 is 0 Å². The molecule has 5 nitrogen and oxygen atoms in total. The second-order valence-corrected chi connectivity index (χ2v) is 10.6. The van der Waals surface area contributed by atoms with E-state index in [0.717, 1.165) is 40.3 Å². The summed E-state index contributed by atoms with van der Waals surface area (Å²) >= 11 is 0. The van der Waals surface area contributed by atoms with Crippen molar-refractivity contribution in [3.63, 3.8) is 0 Å². The van der Waals surface area contributed by atoms with Crippen molar-refractivity contribution in [1.82, 2.24) is 0 Å². The van der Waals surface area contributed by atoms with Gasteiger partial charge in [-0.2, -0.15) is 0 Å². The smallest absolute Gasteiger partial charge is 0.264 e. The van der Waals surface area contributed by atoms with Gasteiger partial charge in [-0.1, -0.05) is 60.2 Å². The Labute approximate surface area is 200 Å². The summed E-state index contributed by atoms with van der Waals surface area (Å²) in [4.78, 5) is 13.1. The molecule has 0 saturated heterocycles. The predicted molar refractivity (Wildman–Crippen MR) is 137 cm³/mol. The Balaban J connectivity index is 1.37. The average molecular weight is 471 g/mol. The highest BCUT2D eigenvalue weighted by Gasteiger charge is 2.29. The van der Waals surface area contributed by atoms with E-state index in [4.69, 9.17) is 0 Å². The summed E-state index contributed by atoms with van der Waals surface area (Å²) in [6, 6.07) is 26.4. The average Bonchev–Trinajstić information content (AvgIpc) is 2.84. The van der Waals surface area contributed by atoms with Gasteiger partial charge in [0.25, 0.3) is 10.0 Å². The van der Waals surface area contributed by atoms with E-state index in [0.29, 0.717) is 22.8 Å². The maximum absolute atomic E-state index is 13.3. The van der Waals surface area contributed by atoms with Crippen molar-refractivity contribution < 1.29 is 13.2 Å². The first-order valence-corrected chi connectivity index (χ1v) is 12.8. The number of carbonyl (C=O) groups excluding carboxylic acids is 1. The fraction of sp³-hybridized carbons (Fsp3) is 0.179. The lowest BCUT2D eigenvalue weighted by Gasteiger charge is -2.31. The van der Waals surface area contributed by atoms with Crippen LogP contribution in [0.3, 0.4) is 0 Å². The lowest BCUT2D eigenvalue weighted by molar-refractivity contribution is -0.115. The Kier molecular flexibility index (Phi) is 5.84. The minimum absolute atomic E-state index is 0.101. The van der Waals surface area contributed by atoms with Crippen molar-refractivity contribution in [1.29, 1.82) is 0 Å². The van der Waals surface area contributed by atoms with E-state index in [9.17, 15) is 13.2 Å². The number of nitrogens with one attached hydrogen (secondary N) is 1.